The summed E-state index contributed by atoms with van der Waals surface area (Å²) in [6, 6.07) is 11.5. The SMILES string of the molecule is CC1CCN(C(C)(C)c2ccccc2)CCN1. The van der Waals surface area contributed by atoms with Crippen LogP contribution < -0.4 is 5.32 Å². The van der Waals surface area contributed by atoms with Crippen molar-refractivity contribution < 1.29 is 0 Å². The van der Waals surface area contributed by atoms with Gasteiger partial charge in [0.2, 0.25) is 0 Å². The predicted octanol–water partition coefficient (Wildman–Crippen LogP) is 2.61. The van der Waals surface area contributed by atoms with E-state index in [2.05, 4.69) is 61.3 Å². The van der Waals surface area contributed by atoms with Crippen LogP contribution in [0.5, 0.6) is 0 Å². The van der Waals surface area contributed by atoms with E-state index in [1.807, 2.05) is 0 Å². The third-order valence-corrected chi connectivity index (χ3v) is 3.98. The first-order valence-corrected chi connectivity index (χ1v) is 6.64. The highest BCUT2D eigenvalue weighted by Crippen LogP contribution is 2.28. The molecule has 0 bridgehead atoms. The van der Waals surface area contributed by atoms with Gasteiger partial charge in [-0.15, -0.1) is 0 Å². The Morgan fingerprint density at radius 2 is 1.88 bits per heavy atom. The van der Waals surface area contributed by atoms with Gasteiger partial charge in [0.05, 0.1) is 0 Å². The van der Waals surface area contributed by atoms with E-state index >= 15 is 0 Å². The molecule has 0 aliphatic carbocycles. The molecule has 1 saturated heterocycles. The molecule has 1 N–H and O–H groups in total. The zero-order chi connectivity index (χ0) is 12.3. The molecule has 0 spiro atoms. The van der Waals surface area contributed by atoms with Crippen LogP contribution in [0, 0.1) is 0 Å². The van der Waals surface area contributed by atoms with Crippen molar-refractivity contribution >= 4 is 0 Å². The summed E-state index contributed by atoms with van der Waals surface area (Å²) in [6.07, 6.45) is 1.23. The zero-order valence-electron chi connectivity index (χ0n) is 11.2. The third kappa shape index (κ3) is 2.88. The Labute approximate surface area is 105 Å². The largest absolute Gasteiger partial charge is 0.313 e. The van der Waals surface area contributed by atoms with E-state index < -0.39 is 0 Å². The maximum absolute atomic E-state index is 3.56. The fourth-order valence-corrected chi connectivity index (χ4v) is 2.60. The summed E-state index contributed by atoms with van der Waals surface area (Å²) < 4.78 is 0. The van der Waals surface area contributed by atoms with Gasteiger partial charge in [0.25, 0.3) is 0 Å². The van der Waals surface area contributed by atoms with Crippen LogP contribution in [-0.2, 0) is 5.54 Å². The normalized spacial score (nSPS) is 23.4. The number of benzene rings is 1. The average molecular weight is 232 g/mol. The van der Waals surface area contributed by atoms with Crippen LogP contribution in [-0.4, -0.2) is 30.6 Å². The summed E-state index contributed by atoms with van der Waals surface area (Å²) in [4.78, 5) is 2.60. The molecule has 2 rings (SSSR count). The second kappa shape index (κ2) is 5.19. The third-order valence-electron chi connectivity index (χ3n) is 3.98. The molecule has 1 aromatic rings. The number of hydrogen-bond acceptors (Lipinski definition) is 2. The van der Waals surface area contributed by atoms with Gasteiger partial charge in [-0.2, -0.15) is 0 Å². The molecule has 1 heterocycles. The van der Waals surface area contributed by atoms with Crippen molar-refractivity contribution in [1.82, 2.24) is 10.2 Å². The Hall–Kier alpha value is -0.860. The number of hydrogen-bond donors (Lipinski definition) is 1. The molecule has 0 aromatic heterocycles. The van der Waals surface area contributed by atoms with Crippen LogP contribution in [0.4, 0.5) is 0 Å². The van der Waals surface area contributed by atoms with Crippen LogP contribution in [0.3, 0.4) is 0 Å². The van der Waals surface area contributed by atoms with Crippen molar-refractivity contribution in [1.29, 1.82) is 0 Å². The highest BCUT2D eigenvalue weighted by molar-refractivity contribution is 5.22. The second-order valence-electron chi connectivity index (χ2n) is 5.56. The zero-order valence-corrected chi connectivity index (χ0v) is 11.2. The first kappa shape index (κ1) is 12.6. The molecule has 1 fully saturated rings. The number of nitrogens with one attached hydrogen (secondary N) is 1. The van der Waals surface area contributed by atoms with Crippen LogP contribution in [0.15, 0.2) is 30.3 Å². The quantitative estimate of drug-likeness (QED) is 0.843. The van der Waals surface area contributed by atoms with Gasteiger partial charge in [-0.1, -0.05) is 30.3 Å². The molecule has 1 aliphatic heterocycles. The van der Waals surface area contributed by atoms with Crippen molar-refractivity contribution in [3.8, 4) is 0 Å². The molecule has 1 unspecified atom stereocenters. The second-order valence-corrected chi connectivity index (χ2v) is 5.56. The molecule has 0 radical (unpaired) electrons. The topological polar surface area (TPSA) is 15.3 Å². The van der Waals surface area contributed by atoms with E-state index in [0.29, 0.717) is 6.04 Å². The van der Waals surface area contributed by atoms with Crippen LogP contribution in [0.25, 0.3) is 0 Å². The Morgan fingerprint density at radius 3 is 2.59 bits per heavy atom. The Bertz CT molecular complexity index is 345. The summed E-state index contributed by atoms with van der Waals surface area (Å²) in [5, 5.41) is 3.56. The van der Waals surface area contributed by atoms with Gasteiger partial charge >= 0.3 is 0 Å². The highest BCUT2D eigenvalue weighted by Gasteiger charge is 2.29. The van der Waals surface area contributed by atoms with Crippen LogP contribution >= 0.6 is 0 Å². The molecule has 2 heteroatoms. The average Bonchev–Trinajstić information content (AvgIpc) is 2.55. The lowest BCUT2D eigenvalue weighted by molar-refractivity contribution is 0.128. The van der Waals surface area contributed by atoms with Crippen molar-refractivity contribution in [2.45, 2.75) is 38.8 Å². The van der Waals surface area contributed by atoms with Gasteiger partial charge in [-0.3, -0.25) is 4.90 Å². The van der Waals surface area contributed by atoms with Crippen LogP contribution in [0.2, 0.25) is 0 Å². The van der Waals surface area contributed by atoms with Gasteiger partial charge in [0.1, 0.15) is 0 Å². The molecular formula is C15H24N2. The lowest BCUT2D eigenvalue weighted by Crippen LogP contribution is -2.43. The van der Waals surface area contributed by atoms with Crippen molar-refractivity contribution in [2.75, 3.05) is 19.6 Å². The Kier molecular flexibility index (Phi) is 3.85. The maximum Gasteiger partial charge on any atom is 0.0405 e. The lowest BCUT2D eigenvalue weighted by Gasteiger charge is -2.38. The van der Waals surface area contributed by atoms with Crippen LogP contribution in [0.1, 0.15) is 32.8 Å². The predicted molar refractivity (Wildman–Crippen MR) is 73.1 cm³/mol. The van der Waals surface area contributed by atoms with Gasteiger partial charge in [-0.25, -0.2) is 0 Å². The van der Waals surface area contributed by atoms with E-state index in [9.17, 15) is 0 Å². The molecule has 1 aliphatic rings. The summed E-state index contributed by atoms with van der Waals surface area (Å²) in [7, 11) is 0. The molecule has 0 amide bonds. The van der Waals surface area contributed by atoms with Gasteiger partial charge in [0.15, 0.2) is 0 Å². The first-order valence-electron chi connectivity index (χ1n) is 6.64. The number of rotatable bonds is 2. The van der Waals surface area contributed by atoms with Crippen molar-refractivity contribution in [3.05, 3.63) is 35.9 Å². The molecule has 94 valence electrons. The molecule has 0 saturated carbocycles. The fourth-order valence-electron chi connectivity index (χ4n) is 2.60. The highest BCUT2D eigenvalue weighted by atomic mass is 15.2. The Balaban J connectivity index is 2.14. The van der Waals surface area contributed by atoms with Crippen molar-refractivity contribution in [3.63, 3.8) is 0 Å². The molecule has 2 nitrogen and oxygen atoms in total. The molecular weight excluding hydrogens is 208 g/mol. The fraction of sp³-hybridized carbons (Fsp3) is 0.600. The van der Waals surface area contributed by atoms with E-state index in [4.69, 9.17) is 0 Å². The van der Waals surface area contributed by atoms with Gasteiger partial charge < -0.3 is 5.32 Å². The van der Waals surface area contributed by atoms with Gasteiger partial charge in [-0.05, 0) is 32.8 Å². The summed E-state index contributed by atoms with van der Waals surface area (Å²) in [6.45, 7) is 10.3. The smallest absolute Gasteiger partial charge is 0.0405 e. The summed E-state index contributed by atoms with van der Waals surface area (Å²) in [5.41, 5.74) is 1.54. The standard InChI is InChI=1S/C15H24N2/c1-13-9-11-17(12-10-16-13)15(2,3)14-7-5-4-6-8-14/h4-8,13,16H,9-12H2,1-3H3. The molecule has 1 atom stereocenters. The number of nitrogens with zero attached hydrogens (tertiary/aromatic N) is 1. The minimum Gasteiger partial charge on any atom is -0.313 e. The minimum atomic E-state index is 0.132. The van der Waals surface area contributed by atoms with E-state index in [0.717, 1.165) is 13.1 Å². The van der Waals surface area contributed by atoms with E-state index in [1.165, 1.54) is 18.5 Å². The molecule has 1 aromatic carbocycles. The summed E-state index contributed by atoms with van der Waals surface area (Å²) >= 11 is 0. The van der Waals surface area contributed by atoms with E-state index in [1.54, 1.807) is 0 Å². The monoisotopic (exact) mass is 232 g/mol. The summed E-state index contributed by atoms with van der Waals surface area (Å²) in [5.74, 6) is 0. The first-order chi connectivity index (χ1) is 8.10. The molecule has 17 heavy (non-hydrogen) atoms. The van der Waals surface area contributed by atoms with Crippen molar-refractivity contribution in [2.24, 2.45) is 0 Å². The van der Waals surface area contributed by atoms with Gasteiger partial charge in [0, 0.05) is 31.2 Å². The maximum atomic E-state index is 3.56. The van der Waals surface area contributed by atoms with E-state index in [-0.39, 0.29) is 5.54 Å². The Morgan fingerprint density at radius 1 is 1.18 bits per heavy atom. The minimum absolute atomic E-state index is 0.132. The lowest BCUT2D eigenvalue weighted by atomic mass is 9.92.